The van der Waals surface area contributed by atoms with Crippen molar-refractivity contribution in [3.63, 3.8) is 0 Å². The summed E-state index contributed by atoms with van der Waals surface area (Å²) in [4.78, 5) is 7.17. The van der Waals surface area contributed by atoms with Crippen molar-refractivity contribution in [3.8, 4) is 0 Å². The molecule has 1 unspecified atom stereocenters. The van der Waals surface area contributed by atoms with Crippen LogP contribution >= 0.6 is 0 Å². The first-order valence-corrected chi connectivity index (χ1v) is 7.08. The average Bonchev–Trinajstić information content (AvgIpc) is 2.84. The van der Waals surface area contributed by atoms with Gasteiger partial charge >= 0.3 is 0 Å². The lowest BCUT2D eigenvalue weighted by Gasteiger charge is -2.31. The fraction of sp³-hybridized carbons (Fsp3) is 0.533. The third-order valence-electron chi connectivity index (χ3n) is 4.03. The largest absolute Gasteiger partial charge is 0.315 e. The molecule has 0 spiro atoms. The van der Waals surface area contributed by atoms with Crippen LogP contribution in [0.25, 0.3) is 5.65 Å². The molecule has 2 aromatic rings. The lowest BCUT2D eigenvalue weighted by Crippen LogP contribution is -2.43. The molecular formula is C15H22N4. The van der Waals surface area contributed by atoms with Gasteiger partial charge in [-0.3, -0.25) is 4.90 Å². The number of aromatic nitrogens is 2. The lowest BCUT2D eigenvalue weighted by molar-refractivity contribution is 0.194. The number of nitrogens with one attached hydrogen (secondary N) is 1. The molecule has 4 heteroatoms. The summed E-state index contributed by atoms with van der Waals surface area (Å²) in [5, 5.41) is 3.47. The molecule has 0 aliphatic carbocycles. The van der Waals surface area contributed by atoms with Crippen LogP contribution in [0.3, 0.4) is 0 Å². The Morgan fingerprint density at radius 3 is 3.16 bits per heavy atom. The predicted octanol–water partition coefficient (Wildman–Crippen LogP) is 1.83. The molecule has 3 heterocycles. The SMILES string of the molecule is Cc1cccn2cc(CN(C)C3CCCNC3)nc12. The number of fused-ring (bicyclic) bond motifs is 1. The molecule has 2 aromatic heterocycles. The van der Waals surface area contributed by atoms with E-state index in [4.69, 9.17) is 4.98 Å². The monoisotopic (exact) mass is 258 g/mol. The van der Waals surface area contributed by atoms with Gasteiger partial charge in [-0.25, -0.2) is 4.98 Å². The maximum Gasteiger partial charge on any atom is 0.139 e. The van der Waals surface area contributed by atoms with Crippen LogP contribution in [0.1, 0.15) is 24.1 Å². The number of likely N-dealkylation sites (N-methyl/N-ethyl adjacent to an activating group) is 1. The molecule has 1 fully saturated rings. The Morgan fingerprint density at radius 1 is 1.53 bits per heavy atom. The third kappa shape index (κ3) is 2.65. The fourth-order valence-corrected chi connectivity index (χ4v) is 2.87. The van der Waals surface area contributed by atoms with Crippen molar-refractivity contribution in [3.05, 3.63) is 35.8 Å². The number of hydrogen-bond acceptors (Lipinski definition) is 3. The maximum absolute atomic E-state index is 4.75. The topological polar surface area (TPSA) is 32.6 Å². The third-order valence-corrected chi connectivity index (χ3v) is 4.03. The Kier molecular flexibility index (Phi) is 3.53. The van der Waals surface area contributed by atoms with Gasteiger partial charge < -0.3 is 9.72 Å². The molecule has 0 amide bonds. The van der Waals surface area contributed by atoms with E-state index in [1.165, 1.54) is 18.4 Å². The molecule has 4 nitrogen and oxygen atoms in total. The van der Waals surface area contributed by atoms with E-state index >= 15 is 0 Å². The number of rotatable bonds is 3. The van der Waals surface area contributed by atoms with Crippen molar-refractivity contribution >= 4 is 5.65 Å². The van der Waals surface area contributed by atoms with Crippen LogP contribution in [0.5, 0.6) is 0 Å². The van der Waals surface area contributed by atoms with E-state index in [0.717, 1.165) is 31.0 Å². The van der Waals surface area contributed by atoms with Gasteiger partial charge in [-0.05, 0) is 45.0 Å². The highest BCUT2D eigenvalue weighted by Gasteiger charge is 2.18. The predicted molar refractivity (Wildman–Crippen MR) is 77.3 cm³/mol. The first-order valence-electron chi connectivity index (χ1n) is 7.08. The van der Waals surface area contributed by atoms with Gasteiger partial charge in [0, 0.05) is 31.5 Å². The highest BCUT2D eigenvalue weighted by atomic mass is 15.2. The van der Waals surface area contributed by atoms with E-state index in [1.807, 2.05) is 0 Å². The normalized spacial score (nSPS) is 20.3. The van der Waals surface area contributed by atoms with Crippen LogP contribution in [0, 0.1) is 6.92 Å². The highest BCUT2D eigenvalue weighted by Crippen LogP contribution is 2.14. The van der Waals surface area contributed by atoms with E-state index < -0.39 is 0 Å². The summed E-state index contributed by atoms with van der Waals surface area (Å²) in [6.45, 7) is 5.30. The number of hydrogen-bond donors (Lipinski definition) is 1. The molecule has 1 atom stereocenters. The van der Waals surface area contributed by atoms with Crippen LogP contribution in [0.2, 0.25) is 0 Å². The molecule has 0 saturated carbocycles. The number of piperidine rings is 1. The molecule has 3 rings (SSSR count). The van der Waals surface area contributed by atoms with Gasteiger partial charge in [0.1, 0.15) is 5.65 Å². The zero-order chi connectivity index (χ0) is 13.2. The zero-order valence-electron chi connectivity index (χ0n) is 11.8. The summed E-state index contributed by atoms with van der Waals surface area (Å²) in [7, 11) is 2.20. The molecule has 1 aliphatic rings. The second-order valence-corrected chi connectivity index (χ2v) is 5.57. The lowest BCUT2D eigenvalue weighted by atomic mass is 10.1. The molecule has 0 bridgehead atoms. The number of nitrogens with zero attached hydrogens (tertiary/aromatic N) is 3. The van der Waals surface area contributed by atoms with E-state index in [0.29, 0.717) is 6.04 Å². The maximum atomic E-state index is 4.75. The number of pyridine rings is 1. The second-order valence-electron chi connectivity index (χ2n) is 5.57. The van der Waals surface area contributed by atoms with Crippen molar-refractivity contribution in [2.75, 3.05) is 20.1 Å². The molecule has 0 radical (unpaired) electrons. The summed E-state index contributed by atoms with van der Waals surface area (Å²) in [6, 6.07) is 4.82. The van der Waals surface area contributed by atoms with E-state index in [9.17, 15) is 0 Å². The van der Waals surface area contributed by atoms with Crippen molar-refractivity contribution in [1.29, 1.82) is 0 Å². The summed E-state index contributed by atoms with van der Waals surface area (Å²) in [5.41, 5.74) is 3.46. The molecule has 19 heavy (non-hydrogen) atoms. The van der Waals surface area contributed by atoms with E-state index in [1.54, 1.807) is 0 Å². The Bertz CT molecular complexity index is 554. The summed E-state index contributed by atoms with van der Waals surface area (Å²) in [5.74, 6) is 0. The minimum absolute atomic E-state index is 0.639. The van der Waals surface area contributed by atoms with Gasteiger partial charge in [0.05, 0.1) is 5.69 Å². The van der Waals surface area contributed by atoms with Crippen LogP contribution in [0.15, 0.2) is 24.5 Å². The average molecular weight is 258 g/mol. The molecule has 1 saturated heterocycles. The smallest absolute Gasteiger partial charge is 0.139 e. The van der Waals surface area contributed by atoms with Gasteiger partial charge in [0.15, 0.2) is 0 Å². The fourth-order valence-electron chi connectivity index (χ4n) is 2.87. The summed E-state index contributed by atoms with van der Waals surface area (Å²) < 4.78 is 2.12. The minimum Gasteiger partial charge on any atom is -0.315 e. The quantitative estimate of drug-likeness (QED) is 0.911. The minimum atomic E-state index is 0.639. The van der Waals surface area contributed by atoms with Crippen LogP contribution in [-0.2, 0) is 6.54 Å². The van der Waals surface area contributed by atoms with Gasteiger partial charge in [-0.2, -0.15) is 0 Å². The van der Waals surface area contributed by atoms with Crippen molar-refractivity contribution in [1.82, 2.24) is 19.6 Å². The van der Waals surface area contributed by atoms with Crippen LogP contribution in [0.4, 0.5) is 0 Å². The molecule has 1 N–H and O–H groups in total. The zero-order valence-corrected chi connectivity index (χ0v) is 11.8. The summed E-state index contributed by atoms with van der Waals surface area (Å²) in [6.07, 6.45) is 6.78. The Labute approximate surface area is 114 Å². The van der Waals surface area contributed by atoms with Crippen molar-refractivity contribution in [2.45, 2.75) is 32.4 Å². The first kappa shape index (κ1) is 12.6. The highest BCUT2D eigenvalue weighted by molar-refractivity contribution is 5.47. The van der Waals surface area contributed by atoms with Gasteiger partial charge in [-0.15, -0.1) is 0 Å². The molecular weight excluding hydrogens is 236 g/mol. The molecule has 102 valence electrons. The summed E-state index contributed by atoms with van der Waals surface area (Å²) >= 11 is 0. The van der Waals surface area contributed by atoms with Crippen LogP contribution < -0.4 is 5.32 Å². The second kappa shape index (κ2) is 5.31. The Hall–Kier alpha value is -1.39. The molecule has 1 aliphatic heterocycles. The van der Waals surface area contributed by atoms with Gasteiger partial charge in [0.2, 0.25) is 0 Å². The van der Waals surface area contributed by atoms with Gasteiger partial charge in [0.25, 0.3) is 0 Å². The molecule has 0 aromatic carbocycles. The first-order chi connectivity index (χ1) is 9.24. The van der Waals surface area contributed by atoms with E-state index in [2.05, 4.69) is 53.1 Å². The number of aryl methyl sites for hydroxylation is 1. The Balaban J connectivity index is 1.75. The standard InChI is InChI=1S/C15H22N4/c1-12-5-4-8-19-11-13(17-15(12)19)10-18(2)14-6-3-7-16-9-14/h4-5,8,11,14,16H,3,6-7,9-10H2,1-2H3. The van der Waals surface area contributed by atoms with Crippen LogP contribution in [-0.4, -0.2) is 40.5 Å². The number of imidazole rings is 1. The van der Waals surface area contributed by atoms with Crippen molar-refractivity contribution < 1.29 is 0 Å². The van der Waals surface area contributed by atoms with E-state index in [-0.39, 0.29) is 0 Å². The Morgan fingerprint density at radius 2 is 2.42 bits per heavy atom. The van der Waals surface area contributed by atoms with Crippen molar-refractivity contribution in [2.24, 2.45) is 0 Å². The van der Waals surface area contributed by atoms with Gasteiger partial charge in [-0.1, -0.05) is 6.07 Å².